The van der Waals surface area contributed by atoms with Crippen LogP contribution in [0.15, 0.2) is 24.3 Å². The number of halogens is 6. The van der Waals surface area contributed by atoms with Gasteiger partial charge in [-0.1, -0.05) is 24.3 Å². The van der Waals surface area contributed by atoms with E-state index in [1.165, 1.54) is 12.2 Å². The molecule has 1 rings (SSSR count). The third-order valence-electron chi connectivity index (χ3n) is 1.90. The van der Waals surface area contributed by atoms with Gasteiger partial charge in [-0.2, -0.15) is 22.0 Å². The van der Waals surface area contributed by atoms with Gasteiger partial charge in [0.05, 0.1) is 0 Å². The molecule has 14 heavy (non-hydrogen) atoms. The van der Waals surface area contributed by atoms with E-state index in [4.69, 9.17) is 11.6 Å². The first-order valence-corrected chi connectivity index (χ1v) is 4.06. The van der Waals surface area contributed by atoms with Gasteiger partial charge in [-0.25, -0.2) is 0 Å². The van der Waals surface area contributed by atoms with Crippen molar-refractivity contribution in [2.75, 3.05) is 0 Å². The van der Waals surface area contributed by atoms with E-state index in [2.05, 4.69) is 0 Å². The molecule has 0 N–H and O–H groups in total. The van der Waals surface area contributed by atoms with Crippen LogP contribution in [0.25, 0.3) is 0 Å². The van der Waals surface area contributed by atoms with Crippen LogP contribution in [0.2, 0.25) is 0 Å². The Morgan fingerprint density at radius 3 is 2.00 bits per heavy atom. The Balaban J connectivity index is 3.03. The van der Waals surface area contributed by atoms with Gasteiger partial charge in [0.2, 0.25) is 0 Å². The highest BCUT2D eigenvalue weighted by atomic mass is 35.5. The summed E-state index contributed by atoms with van der Waals surface area (Å²) in [5.74, 6) is -4.93. The fourth-order valence-corrected chi connectivity index (χ4v) is 1.33. The predicted octanol–water partition coefficient (Wildman–Crippen LogP) is 3.68. The smallest absolute Gasteiger partial charge is 0.194 e. The van der Waals surface area contributed by atoms with Crippen LogP contribution < -0.4 is 0 Å². The molecular weight excluding hydrogens is 227 g/mol. The molecule has 0 aromatic heterocycles. The molecule has 0 aromatic rings. The Bertz CT molecular complexity index is 278. The molecule has 0 heterocycles. The van der Waals surface area contributed by atoms with Crippen molar-refractivity contribution in [1.82, 2.24) is 0 Å². The Labute approximate surface area is 82.0 Å². The average molecular weight is 233 g/mol. The maximum Gasteiger partial charge on any atom is 0.455 e. The molecule has 0 spiro atoms. The molecule has 0 fully saturated rings. The van der Waals surface area contributed by atoms with E-state index < -0.39 is 23.4 Å². The second-order valence-electron chi connectivity index (χ2n) is 2.93. The SMILES string of the molecule is FC(F)(F)C(F)(F)C1(Cl)C=CC=CC1. The quantitative estimate of drug-likeness (QED) is 0.478. The van der Waals surface area contributed by atoms with Gasteiger partial charge < -0.3 is 0 Å². The summed E-state index contributed by atoms with van der Waals surface area (Å²) in [5.41, 5.74) is 0. The van der Waals surface area contributed by atoms with Crippen LogP contribution in [0.1, 0.15) is 6.42 Å². The molecule has 0 radical (unpaired) electrons. The largest absolute Gasteiger partial charge is 0.455 e. The highest BCUT2D eigenvalue weighted by Gasteiger charge is 2.68. The molecule has 80 valence electrons. The molecule has 0 aliphatic heterocycles. The first kappa shape index (κ1) is 11.5. The summed E-state index contributed by atoms with van der Waals surface area (Å²) < 4.78 is 61.6. The Hall–Kier alpha value is -0.580. The van der Waals surface area contributed by atoms with Crippen LogP contribution in [-0.2, 0) is 0 Å². The highest BCUT2D eigenvalue weighted by molar-refractivity contribution is 6.26. The number of hydrogen-bond acceptors (Lipinski definition) is 0. The Kier molecular flexibility index (Phi) is 2.65. The number of alkyl halides is 6. The zero-order chi connectivity index (χ0) is 11.0. The second-order valence-corrected chi connectivity index (χ2v) is 3.60. The average Bonchev–Trinajstić information content (AvgIpc) is 2.03. The predicted molar refractivity (Wildman–Crippen MR) is 42.5 cm³/mol. The van der Waals surface area contributed by atoms with E-state index in [1.54, 1.807) is 0 Å². The first-order chi connectivity index (χ1) is 6.21. The highest BCUT2D eigenvalue weighted by Crippen LogP contribution is 2.50. The maximum atomic E-state index is 12.9. The molecule has 0 aromatic carbocycles. The van der Waals surface area contributed by atoms with Crippen molar-refractivity contribution >= 4 is 11.6 Å². The summed E-state index contributed by atoms with van der Waals surface area (Å²) in [6, 6.07) is 0. The monoisotopic (exact) mass is 232 g/mol. The lowest BCUT2D eigenvalue weighted by Crippen LogP contribution is -2.52. The van der Waals surface area contributed by atoms with E-state index in [1.807, 2.05) is 0 Å². The summed E-state index contributed by atoms with van der Waals surface area (Å²) in [6.45, 7) is 0. The molecule has 0 amide bonds. The van der Waals surface area contributed by atoms with Crippen LogP contribution >= 0.6 is 11.6 Å². The zero-order valence-corrected chi connectivity index (χ0v) is 7.54. The van der Waals surface area contributed by atoms with Crippen LogP contribution in [0, 0.1) is 0 Å². The number of rotatable bonds is 1. The van der Waals surface area contributed by atoms with Gasteiger partial charge >= 0.3 is 12.1 Å². The Morgan fingerprint density at radius 2 is 1.64 bits per heavy atom. The van der Waals surface area contributed by atoms with Crippen molar-refractivity contribution in [2.24, 2.45) is 0 Å². The molecule has 0 nitrogen and oxygen atoms in total. The summed E-state index contributed by atoms with van der Waals surface area (Å²) in [5, 5.41) is 0. The minimum absolute atomic E-state index is 0.544. The van der Waals surface area contributed by atoms with Gasteiger partial charge in [-0.15, -0.1) is 11.6 Å². The van der Waals surface area contributed by atoms with E-state index in [0.29, 0.717) is 6.08 Å². The maximum absolute atomic E-state index is 12.9. The standard InChI is InChI=1S/C8H6ClF5/c9-6(4-2-1-3-5-6)7(10,11)8(12,13)14/h1-4H,5H2. The van der Waals surface area contributed by atoms with Gasteiger partial charge in [-0.05, 0) is 6.42 Å². The van der Waals surface area contributed by atoms with E-state index in [0.717, 1.165) is 6.08 Å². The number of hydrogen-bond donors (Lipinski definition) is 0. The third kappa shape index (κ3) is 1.65. The van der Waals surface area contributed by atoms with E-state index in [-0.39, 0.29) is 0 Å². The third-order valence-corrected chi connectivity index (χ3v) is 2.42. The van der Waals surface area contributed by atoms with Crippen molar-refractivity contribution in [3.63, 3.8) is 0 Å². The van der Waals surface area contributed by atoms with Crippen molar-refractivity contribution in [3.8, 4) is 0 Å². The van der Waals surface area contributed by atoms with Crippen LogP contribution in [0.3, 0.4) is 0 Å². The Morgan fingerprint density at radius 1 is 1.07 bits per heavy atom. The summed E-state index contributed by atoms with van der Waals surface area (Å²) in [6.07, 6.45) is -1.89. The topological polar surface area (TPSA) is 0 Å². The fraction of sp³-hybridized carbons (Fsp3) is 0.500. The van der Waals surface area contributed by atoms with Crippen LogP contribution in [-0.4, -0.2) is 17.0 Å². The van der Waals surface area contributed by atoms with Crippen molar-refractivity contribution < 1.29 is 22.0 Å². The summed E-state index contributed by atoms with van der Waals surface area (Å²) in [4.78, 5) is -2.69. The minimum atomic E-state index is -5.63. The lowest BCUT2D eigenvalue weighted by molar-refractivity contribution is -0.291. The van der Waals surface area contributed by atoms with Crippen LogP contribution in [0.4, 0.5) is 22.0 Å². The van der Waals surface area contributed by atoms with Gasteiger partial charge in [0, 0.05) is 0 Å². The van der Waals surface area contributed by atoms with Gasteiger partial charge in [0.15, 0.2) is 0 Å². The van der Waals surface area contributed by atoms with Crippen molar-refractivity contribution in [3.05, 3.63) is 24.3 Å². The molecule has 1 atom stereocenters. The lowest BCUT2D eigenvalue weighted by Gasteiger charge is -2.34. The lowest BCUT2D eigenvalue weighted by atomic mass is 9.92. The number of allylic oxidation sites excluding steroid dienone is 4. The molecule has 0 saturated carbocycles. The molecular formula is C8H6ClF5. The van der Waals surface area contributed by atoms with Crippen molar-refractivity contribution in [2.45, 2.75) is 23.4 Å². The molecule has 6 heteroatoms. The fourth-order valence-electron chi connectivity index (χ4n) is 1.06. The molecule has 0 bridgehead atoms. The minimum Gasteiger partial charge on any atom is -0.194 e. The normalized spacial score (nSPS) is 28.1. The molecule has 1 unspecified atom stereocenters. The van der Waals surface area contributed by atoms with Gasteiger partial charge in [-0.3, -0.25) is 0 Å². The first-order valence-electron chi connectivity index (χ1n) is 3.68. The second kappa shape index (κ2) is 3.22. The van der Waals surface area contributed by atoms with E-state index >= 15 is 0 Å². The summed E-state index contributed by atoms with van der Waals surface area (Å²) in [7, 11) is 0. The van der Waals surface area contributed by atoms with Crippen molar-refractivity contribution in [1.29, 1.82) is 0 Å². The van der Waals surface area contributed by atoms with Gasteiger partial charge in [0.1, 0.15) is 4.87 Å². The molecule has 1 aliphatic carbocycles. The van der Waals surface area contributed by atoms with Gasteiger partial charge in [0.25, 0.3) is 0 Å². The molecule has 1 aliphatic rings. The molecule has 0 saturated heterocycles. The zero-order valence-electron chi connectivity index (χ0n) is 6.78. The van der Waals surface area contributed by atoms with E-state index in [9.17, 15) is 22.0 Å². The summed E-state index contributed by atoms with van der Waals surface area (Å²) >= 11 is 5.24. The van der Waals surface area contributed by atoms with Crippen LogP contribution in [0.5, 0.6) is 0 Å².